The summed E-state index contributed by atoms with van der Waals surface area (Å²) in [5, 5.41) is 7.50. The van der Waals surface area contributed by atoms with Crippen LogP contribution in [0.15, 0.2) is 6.33 Å². The fourth-order valence-corrected chi connectivity index (χ4v) is 3.05. The Morgan fingerprint density at radius 3 is 2.79 bits per heavy atom. The largest absolute Gasteiger partial charge is 0.314 e. The summed E-state index contributed by atoms with van der Waals surface area (Å²) in [6.07, 6.45) is 8.49. The van der Waals surface area contributed by atoms with E-state index in [-0.39, 0.29) is 11.3 Å². The molecule has 0 amide bonds. The minimum Gasteiger partial charge on any atom is -0.314 e. The lowest BCUT2D eigenvalue weighted by molar-refractivity contribution is -0.120. The number of aromatic nitrogens is 3. The first kappa shape index (κ1) is 14.2. The van der Waals surface area contributed by atoms with Gasteiger partial charge in [0.05, 0.1) is 6.42 Å². The van der Waals surface area contributed by atoms with Gasteiger partial charge in [-0.15, -0.1) is 0 Å². The molecule has 1 fully saturated rings. The van der Waals surface area contributed by atoms with E-state index in [1.54, 1.807) is 4.68 Å². The summed E-state index contributed by atoms with van der Waals surface area (Å²) in [4.78, 5) is 16.5. The first-order valence-electron chi connectivity index (χ1n) is 7.26. The zero-order chi connectivity index (χ0) is 13.7. The molecule has 1 saturated carbocycles. The predicted molar refractivity (Wildman–Crippen MR) is 73.9 cm³/mol. The Morgan fingerprint density at radius 1 is 1.42 bits per heavy atom. The minimum absolute atomic E-state index is 0.0202. The van der Waals surface area contributed by atoms with Gasteiger partial charge in [-0.05, 0) is 26.8 Å². The molecule has 1 aromatic heterocycles. The molecule has 2 rings (SSSR count). The highest BCUT2D eigenvalue weighted by Crippen LogP contribution is 2.31. The van der Waals surface area contributed by atoms with Gasteiger partial charge < -0.3 is 5.32 Å². The van der Waals surface area contributed by atoms with Crippen LogP contribution in [0.5, 0.6) is 0 Å². The van der Waals surface area contributed by atoms with Crippen molar-refractivity contribution in [1.82, 2.24) is 20.1 Å². The number of rotatable bonds is 6. The summed E-state index contributed by atoms with van der Waals surface area (Å²) in [5.74, 6) is 1.05. The maximum atomic E-state index is 12.3. The van der Waals surface area contributed by atoms with Crippen LogP contribution in [0, 0.1) is 0 Å². The number of Topliss-reactive ketones (excluding diaryl/α,β-unsaturated/α-hetero) is 1. The molecular formula is C14H24N4O. The number of aryl methyl sites for hydroxylation is 1. The van der Waals surface area contributed by atoms with Crippen molar-refractivity contribution in [1.29, 1.82) is 0 Å². The Labute approximate surface area is 114 Å². The Morgan fingerprint density at radius 2 is 2.16 bits per heavy atom. The summed E-state index contributed by atoms with van der Waals surface area (Å²) in [7, 11) is 1.98. The molecule has 1 aromatic rings. The molecule has 0 aliphatic heterocycles. The quantitative estimate of drug-likeness (QED) is 0.850. The van der Waals surface area contributed by atoms with Gasteiger partial charge in [0.1, 0.15) is 17.9 Å². The zero-order valence-corrected chi connectivity index (χ0v) is 12.0. The third kappa shape index (κ3) is 3.41. The standard InChI is InChI=1S/C14H24N4O/c1-3-18-13(16-11-17-18)9-12(19)10-14(15-2)7-5-4-6-8-14/h11,15H,3-10H2,1-2H3. The van der Waals surface area contributed by atoms with Crippen molar-refractivity contribution in [3.63, 3.8) is 0 Å². The van der Waals surface area contributed by atoms with E-state index in [0.717, 1.165) is 25.2 Å². The average Bonchev–Trinajstić information content (AvgIpc) is 2.86. The van der Waals surface area contributed by atoms with Crippen LogP contribution in [-0.2, 0) is 17.8 Å². The molecule has 0 spiro atoms. The van der Waals surface area contributed by atoms with E-state index in [1.165, 1.54) is 25.6 Å². The fraction of sp³-hybridized carbons (Fsp3) is 0.786. The van der Waals surface area contributed by atoms with Gasteiger partial charge in [-0.2, -0.15) is 5.10 Å². The summed E-state index contributed by atoms with van der Waals surface area (Å²) >= 11 is 0. The SMILES string of the molecule is CCn1ncnc1CC(=O)CC1(NC)CCCCC1. The zero-order valence-electron chi connectivity index (χ0n) is 12.0. The van der Waals surface area contributed by atoms with Gasteiger partial charge in [-0.3, -0.25) is 4.79 Å². The highest BCUT2D eigenvalue weighted by atomic mass is 16.1. The maximum Gasteiger partial charge on any atom is 0.142 e. The molecule has 1 heterocycles. The van der Waals surface area contributed by atoms with Gasteiger partial charge >= 0.3 is 0 Å². The molecule has 0 aromatic carbocycles. The summed E-state index contributed by atoms with van der Waals surface area (Å²) in [6.45, 7) is 2.78. The van der Waals surface area contributed by atoms with Crippen LogP contribution < -0.4 is 5.32 Å². The van der Waals surface area contributed by atoms with Crippen molar-refractivity contribution < 1.29 is 4.79 Å². The van der Waals surface area contributed by atoms with Crippen LogP contribution >= 0.6 is 0 Å². The predicted octanol–water partition coefficient (Wildman–Crippen LogP) is 1.72. The lowest BCUT2D eigenvalue weighted by Gasteiger charge is -2.36. The summed E-state index contributed by atoms with van der Waals surface area (Å²) < 4.78 is 1.80. The summed E-state index contributed by atoms with van der Waals surface area (Å²) in [5.41, 5.74) is 0.0202. The van der Waals surface area contributed by atoms with Gasteiger partial charge in [0.2, 0.25) is 0 Å². The van der Waals surface area contributed by atoms with Crippen molar-refractivity contribution in [2.75, 3.05) is 7.05 Å². The average molecular weight is 264 g/mol. The molecule has 0 saturated heterocycles. The number of carbonyl (C=O) groups is 1. The van der Waals surface area contributed by atoms with Crippen molar-refractivity contribution in [3.8, 4) is 0 Å². The molecule has 5 nitrogen and oxygen atoms in total. The lowest BCUT2D eigenvalue weighted by Crippen LogP contribution is -2.46. The second kappa shape index (κ2) is 6.28. The highest BCUT2D eigenvalue weighted by Gasteiger charge is 2.32. The molecule has 106 valence electrons. The Balaban J connectivity index is 1.96. The number of nitrogens with zero attached hydrogens (tertiary/aromatic N) is 3. The number of hydrogen-bond acceptors (Lipinski definition) is 4. The van der Waals surface area contributed by atoms with E-state index >= 15 is 0 Å². The first-order chi connectivity index (χ1) is 9.19. The Bertz CT molecular complexity index is 421. The van der Waals surface area contributed by atoms with Crippen LogP contribution in [-0.4, -0.2) is 33.1 Å². The molecule has 1 aliphatic rings. The lowest BCUT2D eigenvalue weighted by atomic mass is 9.78. The van der Waals surface area contributed by atoms with Crippen molar-refractivity contribution in [3.05, 3.63) is 12.2 Å². The molecule has 0 bridgehead atoms. The van der Waals surface area contributed by atoms with Crippen LogP contribution in [0.2, 0.25) is 0 Å². The molecule has 0 unspecified atom stereocenters. The third-order valence-electron chi connectivity index (χ3n) is 4.23. The molecule has 1 aliphatic carbocycles. The first-order valence-corrected chi connectivity index (χ1v) is 7.26. The van der Waals surface area contributed by atoms with E-state index < -0.39 is 0 Å². The minimum atomic E-state index is 0.0202. The molecule has 5 heteroatoms. The summed E-state index contributed by atoms with van der Waals surface area (Å²) in [6, 6.07) is 0. The van der Waals surface area contributed by atoms with Crippen LogP contribution in [0.3, 0.4) is 0 Å². The van der Waals surface area contributed by atoms with Crippen LogP contribution in [0.1, 0.15) is 51.3 Å². The van der Waals surface area contributed by atoms with Crippen molar-refractivity contribution in [2.24, 2.45) is 0 Å². The number of ketones is 1. The van der Waals surface area contributed by atoms with Crippen LogP contribution in [0.4, 0.5) is 0 Å². The van der Waals surface area contributed by atoms with E-state index in [4.69, 9.17) is 0 Å². The highest BCUT2D eigenvalue weighted by molar-refractivity contribution is 5.81. The van der Waals surface area contributed by atoms with E-state index in [9.17, 15) is 4.79 Å². The monoisotopic (exact) mass is 264 g/mol. The van der Waals surface area contributed by atoms with Gasteiger partial charge in [0.25, 0.3) is 0 Å². The molecule has 19 heavy (non-hydrogen) atoms. The van der Waals surface area contributed by atoms with Gasteiger partial charge in [-0.25, -0.2) is 9.67 Å². The smallest absolute Gasteiger partial charge is 0.142 e. The number of carbonyl (C=O) groups excluding carboxylic acids is 1. The fourth-order valence-electron chi connectivity index (χ4n) is 3.05. The van der Waals surface area contributed by atoms with E-state index in [1.807, 2.05) is 14.0 Å². The Kier molecular flexibility index (Phi) is 4.69. The van der Waals surface area contributed by atoms with Gasteiger partial charge in [-0.1, -0.05) is 19.3 Å². The van der Waals surface area contributed by atoms with E-state index in [0.29, 0.717) is 12.8 Å². The third-order valence-corrected chi connectivity index (χ3v) is 4.23. The topological polar surface area (TPSA) is 59.8 Å². The van der Waals surface area contributed by atoms with E-state index in [2.05, 4.69) is 15.4 Å². The van der Waals surface area contributed by atoms with Gasteiger partial charge in [0, 0.05) is 18.5 Å². The number of hydrogen-bond donors (Lipinski definition) is 1. The molecule has 1 N–H and O–H groups in total. The normalized spacial score (nSPS) is 18.4. The maximum absolute atomic E-state index is 12.3. The van der Waals surface area contributed by atoms with Crippen molar-refractivity contribution in [2.45, 2.75) is 64.0 Å². The van der Waals surface area contributed by atoms with Crippen LogP contribution in [0.25, 0.3) is 0 Å². The second-order valence-electron chi connectivity index (χ2n) is 5.48. The Hall–Kier alpha value is -1.23. The second-order valence-corrected chi connectivity index (χ2v) is 5.48. The molecule has 0 atom stereocenters. The molecular weight excluding hydrogens is 240 g/mol. The molecule has 0 radical (unpaired) electrons. The number of nitrogens with one attached hydrogen (secondary N) is 1. The van der Waals surface area contributed by atoms with Gasteiger partial charge in [0.15, 0.2) is 0 Å². The van der Waals surface area contributed by atoms with Crippen molar-refractivity contribution >= 4 is 5.78 Å².